The molecule has 1 aromatic heterocycles. The summed E-state index contributed by atoms with van der Waals surface area (Å²) in [6.07, 6.45) is 2.13. The number of nitrogens with zero attached hydrogens (tertiary/aromatic N) is 1. The molecule has 22 heavy (non-hydrogen) atoms. The molecule has 0 aliphatic carbocycles. The summed E-state index contributed by atoms with van der Waals surface area (Å²) in [4.78, 5) is 28.3. The van der Waals surface area contributed by atoms with E-state index in [2.05, 4.69) is 24.6 Å². The van der Waals surface area contributed by atoms with Crippen molar-refractivity contribution < 1.29 is 14.3 Å². The lowest BCUT2D eigenvalue weighted by Crippen LogP contribution is -2.20. The van der Waals surface area contributed by atoms with Crippen LogP contribution < -0.4 is 0 Å². The largest absolute Gasteiger partial charge is 0.465 e. The predicted octanol–water partition coefficient (Wildman–Crippen LogP) is 3.93. The lowest BCUT2D eigenvalue weighted by Gasteiger charge is -2.14. The molecule has 0 bridgehead atoms. The number of hydrogen-bond donors (Lipinski definition) is 0. The van der Waals surface area contributed by atoms with Gasteiger partial charge in [-0.05, 0) is 12.1 Å². The molecule has 0 fully saturated rings. The van der Waals surface area contributed by atoms with Gasteiger partial charge in [0.05, 0.1) is 18.2 Å². The van der Waals surface area contributed by atoms with E-state index in [1.807, 2.05) is 0 Å². The number of aromatic nitrogens is 1. The maximum atomic E-state index is 12.3. The number of fused-ring (bicyclic) bond motifs is 1. The van der Waals surface area contributed by atoms with E-state index in [9.17, 15) is 9.59 Å². The minimum atomic E-state index is -1.23. The minimum Gasteiger partial charge on any atom is -0.465 e. The average Bonchev–Trinajstić information content (AvgIpc) is 2.49. The molecular weight excluding hydrogens is 294 g/mol. The van der Waals surface area contributed by atoms with Gasteiger partial charge < -0.3 is 4.74 Å². The second kappa shape index (κ2) is 6.40. The fraction of sp³-hybridized carbons (Fsp3) is 0.353. The second-order valence-electron chi connectivity index (χ2n) is 6.57. The predicted molar refractivity (Wildman–Crippen MR) is 90.2 cm³/mol. The molecule has 0 aliphatic heterocycles. The second-order valence-corrected chi connectivity index (χ2v) is 12.2. The standard InChI is InChI=1S/C17H21NO3Si/c1-21-17(20)14-7-9-18-15-11-12(5-6-13(14)15)16(19)8-10-22(2,3)4/h5-7,9,11H,8,10H2,1-4H3. The molecule has 0 aliphatic rings. The summed E-state index contributed by atoms with van der Waals surface area (Å²) in [6.45, 7) is 6.76. The summed E-state index contributed by atoms with van der Waals surface area (Å²) in [6, 6.07) is 7.90. The third kappa shape index (κ3) is 3.79. The number of pyridine rings is 1. The summed E-state index contributed by atoms with van der Waals surface area (Å²) in [5.74, 6) is -0.264. The highest BCUT2D eigenvalue weighted by molar-refractivity contribution is 6.76. The molecule has 0 N–H and O–H groups in total. The Labute approximate surface area is 131 Å². The van der Waals surface area contributed by atoms with Gasteiger partial charge in [-0.3, -0.25) is 9.78 Å². The molecule has 0 atom stereocenters. The monoisotopic (exact) mass is 315 g/mol. The molecule has 5 heteroatoms. The van der Waals surface area contributed by atoms with Gasteiger partial charge in [0.1, 0.15) is 0 Å². The Morgan fingerprint density at radius 2 is 1.91 bits per heavy atom. The summed E-state index contributed by atoms with van der Waals surface area (Å²) >= 11 is 0. The molecule has 4 nitrogen and oxygen atoms in total. The van der Waals surface area contributed by atoms with Crippen LogP contribution in [-0.2, 0) is 4.74 Å². The Bertz CT molecular complexity index is 719. The zero-order chi connectivity index (χ0) is 16.3. The van der Waals surface area contributed by atoms with Crippen LogP contribution >= 0.6 is 0 Å². The van der Waals surface area contributed by atoms with Crippen LogP contribution in [0.4, 0.5) is 0 Å². The lowest BCUT2D eigenvalue weighted by molar-refractivity contribution is 0.0603. The first-order valence-corrected chi connectivity index (χ1v) is 11.0. The van der Waals surface area contributed by atoms with Gasteiger partial charge in [-0.1, -0.05) is 37.8 Å². The molecule has 116 valence electrons. The van der Waals surface area contributed by atoms with E-state index in [0.717, 1.165) is 6.04 Å². The molecular formula is C17H21NO3Si. The number of ketones is 1. The highest BCUT2D eigenvalue weighted by Gasteiger charge is 2.17. The van der Waals surface area contributed by atoms with Crippen molar-refractivity contribution in [3.63, 3.8) is 0 Å². The van der Waals surface area contributed by atoms with Gasteiger partial charge in [-0.15, -0.1) is 0 Å². The molecule has 0 radical (unpaired) electrons. The van der Waals surface area contributed by atoms with Gasteiger partial charge in [0.25, 0.3) is 0 Å². The Kier molecular flexibility index (Phi) is 4.76. The zero-order valence-electron chi connectivity index (χ0n) is 13.5. The van der Waals surface area contributed by atoms with E-state index < -0.39 is 14.0 Å². The van der Waals surface area contributed by atoms with Gasteiger partial charge in [0, 0.05) is 31.6 Å². The number of carbonyl (C=O) groups excluding carboxylic acids is 2. The summed E-state index contributed by atoms with van der Waals surface area (Å²) in [5, 5.41) is 0.705. The number of Topliss-reactive ketones (excluding diaryl/α,β-unsaturated/α-hetero) is 1. The third-order valence-corrected chi connectivity index (χ3v) is 5.32. The van der Waals surface area contributed by atoms with E-state index in [1.54, 1.807) is 30.5 Å². The Balaban J connectivity index is 2.32. The first-order chi connectivity index (χ1) is 10.3. The van der Waals surface area contributed by atoms with Crippen LogP contribution in [0.25, 0.3) is 10.9 Å². The third-order valence-electron chi connectivity index (χ3n) is 3.57. The van der Waals surface area contributed by atoms with Crippen molar-refractivity contribution >= 4 is 30.7 Å². The van der Waals surface area contributed by atoms with Crippen molar-refractivity contribution in [3.8, 4) is 0 Å². The Hall–Kier alpha value is -2.01. The van der Waals surface area contributed by atoms with Gasteiger partial charge in [-0.2, -0.15) is 0 Å². The molecule has 2 rings (SSSR count). The molecule has 0 saturated heterocycles. The number of benzene rings is 1. The van der Waals surface area contributed by atoms with Crippen LogP contribution in [0.1, 0.15) is 27.1 Å². The fourth-order valence-electron chi connectivity index (χ4n) is 2.24. The van der Waals surface area contributed by atoms with Gasteiger partial charge in [0.15, 0.2) is 5.78 Å². The normalized spacial score (nSPS) is 11.5. The van der Waals surface area contributed by atoms with Crippen LogP contribution in [0.3, 0.4) is 0 Å². The van der Waals surface area contributed by atoms with E-state index in [4.69, 9.17) is 4.74 Å². The minimum absolute atomic E-state index is 0.134. The first-order valence-electron chi connectivity index (χ1n) is 7.32. The van der Waals surface area contributed by atoms with Crippen molar-refractivity contribution in [1.82, 2.24) is 4.98 Å². The number of ether oxygens (including phenoxy) is 1. The number of hydrogen-bond acceptors (Lipinski definition) is 4. The molecule has 1 aromatic carbocycles. The first kappa shape index (κ1) is 16.4. The van der Waals surface area contributed by atoms with Crippen LogP contribution in [0.2, 0.25) is 25.7 Å². The van der Waals surface area contributed by atoms with Gasteiger partial charge in [-0.25, -0.2) is 4.79 Å². The Morgan fingerprint density at radius 3 is 2.55 bits per heavy atom. The fourth-order valence-corrected chi connectivity index (χ4v) is 3.22. The van der Waals surface area contributed by atoms with E-state index in [-0.39, 0.29) is 5.78 Å². The van der Waals surface area contributed by atoms with E-state index in [1.165, 1.54) is 7.11 Å². The topological polar surface area (TPSA) is 56.3 Å². The van der Waals surface area contributed by atoms with Crippen molar-refractivity contribution in [1.29, 1.82) is 0 Å². The summed E-state index contributed by atoms with van der Waals surface area (Å²) < 4.78 is 4.77. The zero-order valence-corrected chi connectivity index (χ0v) is 14.5. The van der Waals surface area contributed by atoms with Crippen LogP contribution in [0.15, 0.2) is 30.5 Å². The smallest absolute Gasteiger partial charge is 0.338 e. The SMILES string of the molecule is COC(=O)c1ccnc2cc(C(=O)CC[Si](C)(C)C)ccc12. The number of methoxy groups -OCH3 is 1. The van der Waals surface area contributed by atoms with Crippen molar-refractivity contribution in [3.05, 3.63) is 41.6 Å². The summed E-state index contributed by atoms with van der Waals surface area (Å²) in [7, 11) is 0.117. The molecule has 0 spiro atoms. The van der Waals surface area contributed by atoms with E-state index in [0.29, 0.717) is 28.5 Å². The number of rotatable bonds is 5. The average molecular weight is 315 g/mol. The van der Waals surface area contributed by atoms with Gasteiger partial charge >= 0.3 is 5.97 Å². The molecule has 0 amide bonds. The highest BCUT2D eigenvalue weighted by Crippen LogP contribution is 2.21. The highest BCUT2D eigenvalue weighted by atomic mass is 28.3. The maximum Gasteiger partial charge on any atom is 0.338 e. The Morgan fingerprint density at radius 1 is 1.18 bits per heavy atom. The van der Waals surface area contributed by atoms with Crippen LogP contribution in [0.5, 0.6) is 0 Å². The number of carbonyl (C=O) groups is 2. The van der Waals surface area contributed by atoms with Gasteiger partial charge in [0.2, 0.25) is 0 Å². The molecule has 2 aromatic rings. The van der Waals surface area contributed by atoms with Crippen molar-refractivity contribution in [2.45, 2.75) is 32.1 Å². The molecule has 0 unspecified atom stereocenters. The van der Waals surface area contributed by atoms with E-state index >= 15 is 0 Å². The molecule has 1 heterocycles. The van der Waals surface area contributed by atoms with Crippen LogP contribution in [0, 0.1) is 0 Å². The van der Waals surface area contributed by atoms with Crippen molar-refractivity contribution in [2.75, 3.05) is 7.11 Å². The summed E-state index contributed by atoms with van der Waals surface area (Å²) in [5.41, 5.74) is 1.76. The lowest BCUT2D eigenvalue weighted by atomic mass is 10.0. The van der Waals surface area contributed by atoms with Crippen molar-refractivity contribution in [2.24, 2.45) is 0 Å². The van der Waals surface area contributed by atoms with Crippen LogP contribution in [-0.4, -0.2) is 31.9 Å². The number of esters is 1. The molecule has 0 saturated carbocycles. The maximum absolute atomic E-state index is 12.3. The quantitative estimate of drug-likeness (QED) is 0.476.